The van der Waals surface area contributed by atoms with Crippen LogP contribution in [0, 0.1) is 0 Å². The number of hydrogen-bond acceptors (Lipinski definition) is 2. The maximum atomic E-state index is 6.38. The van der Waals surface area contributed by atoms with Crippen molar-refractivity contribution in [2.45, 2.75) is 0 Å². The predicted molar refractivity (Wildman–Crippen MR) is 257 cm³/mol. The summed E-state index contributed by atoms with van der Waals surface area (Å²) in [5, 5.41) is 7.15. The largest absolute Gasteiger partial charge is 0.456 e. The van der Waals surface area contributed by atoms with Crippen LogP contribution in [0.25, 0.3) is 93.6 Å². The van der Waals surface area contributed by atoms with E-state index in [1.165, 1.54) is 66.0 Å². The molecule has 286 valence electrons. The molecule has 0 saturated heterocycles. The first-order valence-electron chi connectivity index (χ1n) is 20.8. The van der Waals surface area contributed by atoms with Gasteiger partial charge < -0.3 is 13.9 Å². The molecule has 3 nitrogen and oxygen atoms in total. The minimum atomic E-state index is 0.897. The Bertz CT molecular complexity index is 3460. The molecule has 0 aliphatic heterocycles. The summed E-state index contributed by atoms with van der Waals surface area (Å²) in [6, 6.07) is 82.9. The van der Waals surface area contributed by atoms with Crippen LogP contribution < -0.4 is 4.90 Å². The second-order valence-corrected chi connectivity index (χ2v) is 15.7. The molecule has 0 N–H and O–H groups in total. The molecule has 0 fully saturated rings. The van der Waals surface area contributed by atoms with Gasteiger partial charge in [-0.25, -0.2) is 0 Å². The van der Waals surface area contributed by atoms with Crippen molar-refractivity contribution in [3.8, 4) is 39.1 Å². The Labute approximate surface area is 353 Å². The highest BCUT2D eigenvalue weighted by Crippen LogP contribution is 2.41. The van der Waals surface area contributed by atoms with E-state index >= 15 is 0 Å². The van der Waals surface area contributed by atoms with E-state index in [0.29, 0.717) is 0 Å². The summed E-state index contributed by atoms with van der Waals surface area (Å²) < 4.78 is 8.77. The number of fused-ring (bicyclic) bond motifs is 8. The number of para-hydroxylation sites is 1. The van der Waals surface area contributed by atoms with Crippen LogP contribution in [-0.2, 0) is 0 Å². The fourth-order valence-electron chi connectivity index (χ4n) is 9.22. The standard InChI is InChI=1S/C58H38N2O/c1-3-11-39(12-4-1)41-19-27-46(28-20-41)59(47-29-21-42(22-30-47)40-13-5-2-6-14-40)48-31-23-43(24-32-48)45-25-34-55-52(37-45)51-17-9-10-18-54(51)60(55)49-33-36-56-53(38-49)58-50-16-8-7-15-44(50)26-35-57(58)61-56/h1-38H. The summed E-state index contributed by atoms with van der Waals surface area (Å²) in [5.74, 6) is 0. The van der Waals surface area contributed by atoms with Crippen molar-refractivity contribution in [2.75, 3.05) is 4.90 Å². The Morgan fingerprint density at radius 2 is 0.803 bits per heavy atom. The molecule has 61 heavy (non-hydrogen) atoms. The highest BCUT2D eigenvalue weighted by Gasteiger charge is 2.18. The van der Waals surface area contributed by atoms with Gasteiger partial charge in [-0.3, -0.25) is 0 Å². The number of nitrogens with zero attached hydrogens (tertiary/aromatic N) is 2. The van der Waals surface area contributed by atoms with E-state index in [0.717, 1.165) is 44.7 Å². The highest BCUT2D eigenvalue weighted by molar-refractivity contribution is 6.19. The topological polar surface area (TPSA) is 21.3 Å². The van der Waals surface area contributed by atoms with Crippen LogP contribution in [0.4, 0.5) is 17.1 Å². The lowest BCUT2D eigenvalue weighted by atomic mass is 10.0. The second kappa shape index (κ2) is 14.3. The Morgan fingerprint density at radius 3 is 1.44 bits per heavy atom. The number of rotatable bonds is 7. The summed E-state index contributed by atoms with van der Waals surface area (Å²) in [5.41, 5.74) is 15.7. The van der Waals surface area contributed by atoms with Crippen LogP contribution in [-0.4, -0.2) is 4.57 Å². The van der Waals surface area contributed by atoms with Gasteiger partial charge in [0.05, 0.1) is 11.0 Å². The number of anilines is 3. The smallest absolute Gasteiger partial charge is 0.136 e. The van der Waals surface area contributed by atoms with Gasteiger partial charge in [-0.15, -0.1) is 0 Å². The van der Waals surface area contributed by atoms with Crippen molar-refractivity contribution in [3.05, 3.63) is 231 Å². The molecule has 0 aliphatic carbocycles. The molecule has 0 saturated carbocycles. The zero-order chi connectivity index (χ0) is 40.3. The zero-order valence-corrected chi connectivity index (χ0v) is 33.2. The van der Waals surface area contributed by atoms with Gasteiger partial charge in [0, 0.05) is 44.3 Å². The lowest BCUT2D eigenvalue weighted by Gasteiger charge is -2.26. The molecule has 0 unspecified atom stereocenters. The van der Waals surface area contributed by atoms with Gasteiger partial charge in [-0.2, -0.15) is 0 Å². The molecule has 0 spiro atoms. The highest BCUT2D eigenvalue weighted by atomic mass is 16.3. The van der Waals surface area contributed by atoms with Gasteiger partial charge in [0.1, 0.15) is 11.2 Å². The lowest BCUT2D eigenvalue weighted by molar-refractivity contribution is 0.669. The SMILES string of the molecule is c1ccc(-c2ccc(N(c3ccc(-c4ccccc4)cc3)c3ccc(-c4ccc5c(c4)c4ccccc4n5-c4ccc5oc6ccc7ccccc7c6c5c4)cc3)cc2)cc1. The first-order valence-corrected chi connectivity index (χ1v) is 20.8. The van der Waals surface area contributed by atoms with Crippen LogP contribution in [0.3, 0.4) is 0 Å². The normalized spacial score (nSPS) is 11.6. The van der Waals surface area contributed by atoms with Crippen molar-refractivity contribution >= 4 is 71.6 Å². The molecule has 0 bridgehead atoms. The molecule has 10 aromatic carbocycles. The van der Waals surface area contributed by atoms with Crippen molar-refractivity contribution in [3.63, 3.8) is 0 Å². The second-order valence-electron chi connectivity index (χ2n) is 15.7. The Kier molecular flexibility index (Phi) is 8.17. The van der Waals surface area contributed by atoms with E-state index in [1.54, 1.807) is 0 Å². The summed E-state index contributed by atoms with van der Waals surface area (Å²) in [4.78, 5) is 2.34. The first kappa shape index (κ1) is 34.9. The summed E-state index contributed by atoms with van der Waals surface area (Å²) in [6.07, 6.45) is 0. The maximum Gasteiger partial charge on any atom is 0.136 e. The van der Waals surface area contributed by atoms with Gasteiger partial charge in [-0.1, -0.05) is 152 Å². The van der Waals surface area contributed by atoms with Gasteiger partial charge in [0.15, 0.2) is 0 Å². The molecule has 2 heterocycles. The molecule has 3 heteroatoms. The molecule has 0 amide bonds. The monoisotopic (exact) mass is 778 g/mol. The molecule has 12 aromatic rings. The van der Waals surface area contributed by atoms with Crippen LogP contribution in [0.1, 0.15) is 0 Å². The Hall–Kier alpha value is -8.14. The molecule has 12 rings (SSSR count). The lowest BCUT2D eigenvalue weighted by Crippen LogP contribution is -2.09. The van der Waals surface area contributed by atoms with E-state index < -0.39 is 0 Å². The number of benzene rings is 10. The van der Waals surface area contributed by atoms with Crippen molar-refractivity contribution in [2.24, 2.45) is 0 Å². The van der Waals surface area contributed by atoms with E-state index in [9.17, 15) is 0 Å². The average Bonchev–Trinajstić information content (AvgIpc) is 3.88. The fourth-order valence-corrected chi connectivity index (χ4v) is 9.22. The van der Waals surface area contributed by atoms with Crippen LogP contribution in [0.2, 0.25) is 0 Å². The van der Waals surface area contributed by atoms with Crippen LogP contribution in [0.15, 0.2) is 235 Å². The number of hydrogen-bond donors (Lipinski definition) is 0. The zero-order valence-electron chi connectivity index (χ0n) is 33.2. The molecule has 2 aromatic heterocycles. The Morgan fingerprint density at radius 1 is 0.311 bits per heavy atom. The van der Waals surface area contributed by atoms with E-state index in [2.05, 4.69) is 240 Å². The molecular weight excluding hydrogens is 741 g/mol. The van der Waals surface area contributed by atoms with E-state index in [1.807, 2.05) is 0 Å². The van der Waals surface area contributed by atoms with Gasteiger partial charge in [-0.05, 0) is 123 Å². The number of aromatic nitrogens is 1. The van der Waals surface area contributed by atoms with Crippen LogP contribution >= 0.6 is 0 Å². The maximum absolute atomic E-state index is 6.38. The Balaban J connectivity index is 0.932. The van der Waals surface area contributed by atoms with Crippen molar-refractivity contribution in [1.82, 2.24) is 4.57 Å². The minimum Gasteiger partial charge on any atom is -0.456 e. The summed E-state index contributed by atoms with van der Waals surface area (Å²) in [6.45, 7) is 0. The predicted octanol–water partition coefficient (Wildman–Crippen LogP) is 16.3. The quantitative estimate of drug-likeness (QED) is 0.161. The molecule has 0 atom stereocenters. The van der Waals surface area contributed by atoms with Gasteiger partial charge >= 0.3 is 0 Å². The first-order chi connectivity index (χ1) is 30.2. The van der Waals surface area contributed by atoms with Gasteiger partial charge in [0.25, 0.3) is 0 Å². The summed E-state index contributed by atoms with van der Waals surface area (Å²) >= 11 is 0. The van der Waals surface area contributed by atoms with E-state index in [4.69, 9.17) is 4.42 Å². The average molecular weight is 779 g/mol. The third-order valence-corrected chi connectivity index (χ3v) is 12.2. The van der Waals surface area contributed by atoms with E-state index in [-0.39, 0.29) is 0 Å². The third kappa shape index (κ3) is 5.98. The number of furan rings is 1. The summed E-state index contributed by atoms with van der Waals surface area (Å²) in [7, 11) is 0. The molecule has 0 aliphatic rings. The van der Waals surface area contributed by atoms with Crippen molar-refractivity contribution in [1.29, 1.82) is 0 Å². The minimum absolute atomic E-state index is 0.897. The fraction of sp³-hybridized carbons (Fsp3) is 0. The van der Waals surface area contributed by atoms with Crippen molar-refractivity contribution < 1.29 is 4.42 Å². The molecule has 0 radical (unpaired) electrons. The molecular formula is C58H38N2O. The third-order valence-electron chi connectivity index (χ3n) is 12.2. The van der Waals surface area contributed by atoms with Crippen LogP contribution in [0.5, 0.6) is 0 Å². The van der Waals surface area contributed by atoms with Gasteiger partial charge in [0.2, 0.25) is 0 Å².